The Morgan fingerprint density at radius 1 is 1.47 bits per heavy atom. The molecule has 1 aromatic heterocycles. The lowest BCUT2D eigenvalue weighted by atomic mass is 10.0. The van der Waals surface area contributed by atoms with Crippen molar-refractivity contribution in [1.29, 1.82) is 0 Å². The minimum atomic E-state index is 0.0335. The van der Waals surface area contributed by atoms with Crippen LogP contribution >= 0.6 is 15.9 Å². The Hall–Kier alpha value is -0.390. The number of rotatable bonds is 7. The first-order chi connectivity index (χ1) is 8.06. The maximum absolute atomic E-state index is 6.23. The summed E-state index contributed by atoms with van der Waals surface area (Å²) in [4.78, 5) is 0. The number of halogens is 1. The van der Waals surface area contributed by atoms with Crippen LogP contribution in [0.2, 0.25) is 0 Å². The summed E-state index contributed by atoms with van der Waals surface area (Å²) >= 11 is 3.51. The van der Waals surface area contributed by atoms with Gasteiger partial charge in [-0.15, -0.1) is 0 Å². The van der Waals surface area contributed by atoms with Crippen LogP contribution in [0.15, 0.2) is 10.7 Å². The van der Waals surface area contributed by atoms with Gasteiger partial charge >= 0.3 is 0 Å². The van der Waals surface area contributed by atoms with Gasteiger partial charge in [0.15, 0.2) is 0 Å². The summed E-state index contributed by atoms with van der Waals surface area (Å²) in [7, 11) is 1.69. The van der Waals surface area contributed by atoms with Crippen LogP contribution < -0.4 is 5.73 Å². The van der Waals surface area contributed by atoms with Gasteiger partial charge in [0.25, 0.3) is 0 Å². The average molecular weight is 304 g/mol. The minimum absolute atomic E-state index is 0.0335. The summed E-state index contributed by atoms with van der Waals surface area (Å²) in [6, 6.07) is 0.0335. The third-order valence-electron chi connectivity index (χ3n) is 2.75. The second-order valence-corrected chi connectivity index (χ2v) is 5.53. The van der Waals surface area contributed by atoms with Gasteiger partial charge in [0, 0.05) is 13.2 Å². The summed E-state index contributed by atoms with van der Waals surface area (Å²) in [6.45, 7) is 5.82. The number of ether oxygens (including phenoxy) is 1. The Bertz CT molecular complexity index is 338. The van der Waals surface area contributed by atoms with E-state index in [2.05, 4.69) is 34.9 Å². The fraction of sp³-hybridized carbons (Fsp3) is 0.750. The molecule has 0 aliphatic carbocycles. The molecule has 0 amide bonds. The van der Waals surface area contributed by atoms with Crippen LogP contribution in [0, 0.1) is 5.92 Å². The molecule has 0 aliphatic rings. The highest BCUT2D eigenvalue weighted by molar-refractivity contribution is 9.10. The Kier molecular flexibility index (Phi) is 6.16. The monoisotopic (exact) mass is 303 g/mol. The molecule has 4 nitrogen and oxygen atoms in total. The lowest BCUT2D eigenvalue weighted by Crippen LogP contribution is -2.19. The standard InChI is InChI=1S/C12H22BrN3O/c1-9(2)4-5-11(14)12-10(13)8-15-16(12)6-7-17-3/h8-9,11H,4-7,14H2,1-3H3. The molecule has 1 heterocycles. The van der Waals surface area contributed by atoms with E-state index in [1.54, 1.807) is 13.3 Å². The van der Waals surface area contributed by atoms with E-state index in [4.69, 9.17) is 10.5 Å². The Labute approximate surface area is 112 Å². The van der Waals surface area contributed by atoms with Crippen LogP contribution in [-0.2, 0) is 11.3 Å². The molecule has 0 radical (unpaired) electrons. The highest BCUT2D eigenvalue weighted by Crippen LogP contribution is 2.25. The van der Waals surface area contributed by atoms with E-state index in [1.807, 2.05) is 4.68 Å². The van der Waals surface area contributed by atoms with Gasteiger partial charge in [0.2, 0.25) is 0 Å². The third kappa shape index (κ3) is 4.41. The van der Waals surface area contributed by atoms with Crippen LogP contribution in [0.1, 0.15) is 38.4 Å². The van der Waals surface area contributed by atoms with E-state index in [0.29, 0.717) is 12.5 Å². The zero-order chi connectivity index (χ0) is 12.8. The van der Waals surface area contributed by atoms with E-state index in [0.717, 1.165) is 29.6 Å². The zero-order valence-corrected chi connectivity index (χ0v) is 12.4. The Morgan fingerprint density at radius 3 is 2.76 bits per heavy atom. The normalized spacial score (nSPS) is 13.3. The van der Waals surface area contributed by atoms with Gasteiger partial charge in [-0.05, 0) is 34.7 Å². The van der Waals surface area contributed by atoms with Crippen LogP contribution in [0.3, 0.4) is 0 Å². The fourth-order valence-electron chi connectivity index (χ4n) is 1.75. The first kappa shape index (κ1) is 14.7. The summed E-state index contributed by atoms with van der Waals surface area (Å²) in [6.07, 6.45) is 3.91. The second kappa shape index (κ2) is 7.13. The smallest absolute Gasteiger partial charge is 0.0694 e. The molecule has 1 aromatic rings. The number of methoxy groups -OCH3 is 1. The molecule has 0 aromatic carbocycles. The molecule has 0 spiro atoms. The van der Waals surface area contributed by atoms with Gasteiger partial charge in [0.05, 0.1) is 29.5 Å². The molecular formula is C12H22BrN3O. The van der Waals surface area contributed by atoms with Crippen molar-refractivity contribution in [3.8, 4) is 0 Å². The molecular weight excluding hydrogens is 282 g/mol. The highest BCUT2D eigenvalue weighted by Gasteiger charge is 2.16. The fourth-order valence-corrected chi connectivity index (χ4v) is 2.34. The predicted octanol–water partition coefficient (Wildman–Crippen LogP) is 2.73. The van der Waals surface area contributed by atoms with Crippen molar-refractivity contribution in [2.75, 3.05) is 13.7 Å². The molecule has 0 saturated heterocycles. The van der Waals surface area contributed by atoms with E-state index in [1.165, 1.54) is 0 Å². The number of nitrogens with zero attached hydrogens (tertiary/aromatic N) is 2. The number of hydrogen-bond donors (Lipinski definition) is 1. The quantitative estimate of drug-likeness (QED) is 0.842. The molecule has 0 fully saturated rings. The SMILES string of the molecule is COCCn1ncc(Br)c1C(N)CCC(C)C. The van der Waals surface area contributed by atoms with Crippen molar-refractivity contribution in [3.63, 3.8) is 0 Å². The zero-order valence-electron chi connectivity index (χ0n) is 10.8. The maximum atomic E-state index is 6.23. The second-order valence-electron chi connectivity index (χ2n) is 4.67. The third-order valence-corrected chi connectivity index (χ3v) is 3.36. The number of hydrogen-bond acceptors (Lipinski definition) is 3. The van der Waals surface area contributed by atoms with Crippen molar-refractivity contribution in [2.24, 2.45) is 11.7 Å². The average Bonchev–Trinajstić information content (AvgIpc) is 2.64. The summed E-state index contributed by atoms with van der Waals surface area (Å²) in [5.41, 5.74) is 7.30. The summed E-state index contributed by atoms with van der Waals surface area (Å²) in [5, 5.41) is 4.31. The summed E-state index contributed by atoms with van der Waals surface area (Å²) in [5.74, 6) is 0.676. The molecule has 1 atom stereocenters. The topological polar surface area (TPSA) is 53.1 Å². The van der Waals surface area contributed by atoms with E-state index < -0.39 is 0 Å². The molecule has 2 N–H and O–H groups in total. The van der Waals surface area contributed by atoms with Crippen LogP contribution in [0.5, 0.6) is 0 Å². The molecule has 0 aliphatic heterocycles. The molecule has 98 valence electrons. The van der Waals surface area contributed by atoms with Gasteiger partial charge in [-0.3, -0.25) is 4.68 Å². The van der Waals surface area contributed by atoms with E-state index >= 15 is 0 Å². The Morgan fingerprint density at radius 2 is 2.18 bits per heavy atom. The van der Waals surface area contributed by atoms with Crippen molar-refractivity contribution in [3.05, 3.63) is 16.4 Å². The summed E-state index contributed by atoms with van der Waals surface area (Å²) < 4.78 is 7.99. The molecule has 1 rings (SSSR count). The number of nitrogens with two attached hydrogens (primary N) is 1. The first-order valence-electron chi connectivity index (χ1n) is 6.02. The highest BCUT2D eigenvalue weighted by atomic mass is 79.9. The first-order valence-corrected chi connectivity index (χ1v) is 6.81. The molecule has 0 saturated carbocycles. The predicted molar refractivity (Wildman–Crippen MR) is 72.8 cm³/mol. The lowest BCUT2D eigenvalue weighted by molar-refractivity contribution is 0.182. The van der Waals surface area contributed by atoms with Gasteiger partial charge in [0.1, 0.15) is 0 Å². The Balaban J connectivity index is 2.69. The van der Waals surface area contributed by atoms with Gasteiger partial charge in [-0.25, -0.2) is 0 Å². The van der Waals surface area contributed by atoms with Crippen LogP contribution in [-0.4, -0.2) is 23.5 Å². The molecule has 5 heteroatoms. The maximum Gasteiger partial charge on any atom is 0.0694 e. The van der Waals surface area contributed by atoms with Crippen molar-refractivity contribution in [2.45, 2.75) is 39.3 Å². The molecule has 0 bridgehead atoms. The van der Waals surface area contributed by atoms with Crippen LogP contribution in [0.4, 0.5) is 0 Å². The van der Waals surface area contributed by atoms with Gasteiger partial charge in [-0.2, -0.15) is 5.10 Å². The molecule has 1 unspecified atom stereocenters. The largest absolute Gasteiger partial charge is 0.383 e. The molecule has 17 heavy (non-hydrogen) atoms. The number of aromatic nitrogens is 2. The van der Waals surface area contributed by atoms with E-state index in [-0.39, 0.29) is 6.04 Å². The van der Waals surface area contributed by atoms with Gasteiger partial charge < -0.3 is 10.5 Å². The van der Waals surface area contributed by atoms with E-state index in [9.17, 15) is 0 Å². The lowest BCUT2D eigenvalue weighted by Gasteiger charge is -2.16. The van der Waals surface area contributed by atoms with Gasteiger partial charge in [-0.1, -0.05) is 13.8 Å². The minimum Gasteiger partial charge on any atom is -0.383 e. The van der Waals surface area contributed by atoms with Crippen molar-refractivity contribution in [1.82, 2.24) is 9.78 Å². The van der Waals surface area contributed by atoms with Crippen LogP contribution in [0.25, 0.3) is 0 Å². The van der Waals surface area contributed by atoms with Crippen molar-refractivity contribution < 1.29 is 4.74 Å². The van der Waals surface area contributed by atoms with Crippen molar-refractivity contribution >= 4 is 15.9 Å².